The highest BCUT2D eigenvalue weighted by atomic mass is 16.3. The molecule has 0 saturated heterocycles. The predicted molar refractivity (Wildman–Crippen MR) is 89.9 cm³/mol. The van der Waals surface area contributed by atoms with Crippen LogP contribution in [-0.2, 0) is 0 Å². The van der Waals surface area contributed by atoms with E-state index in [2.05, 4.69) is 4.98 Å². The third-order valence-electron chi connectivity index (χ3n) is 3.43. The number of benzene rings is 2. The summed E-state index contributed by atoms with van der Waals surface area (Å²) in [5.41, 5.74) is 1.93. The summed E-state index contributed by atoms with van der Waals surface area (Å²) in [5, 5.41) is 30.2. The predicted octanol–water partition coefficient (Wildman–Crippen LogP) is 4.22. The molecule has 0 radical (unpaired) electrons. The van der Waals surface area contributed by atoms with Crippen LogP contribution in [-0.4, -0.2) is 20.3 Å². The van der Waals surface area contributed by atoms with Crippen LogP contribution in [0.4, 0.5) is 0 Å². The standard InChI is InChI=1S/C19H15NO3/c21-16-9-5-4-8-15(16)19-18(23)11-14(12-20-19)17(22)10-13-6-2-1-3-7-13/h1-12,21-23H. The van der Waals surface area contributed by atoms with Crippen LogP contribution in [0.15, 0.2) is 66.9 Å². The molecule has 0 aliphatic heterocycles. The second kappa shape index (κ2) is 6.23. The third kappa shape index (κ3) is 3.16. The normalized spacial score (nSPS) is 11.4. The van der Waals surface area contributed by atoms with Gasteiger partial charge in [-0.25, -0.2) is 0 Å². The van der Waals surface area contributed by atoms with E-state index >= 15 is 0 Å². The molecule has 4 nitrogen and oxygen atoms in total. The molecule has 3 N–H and O–H groups in total. The van der Waals surface area contributed by atoms with Gasteiger partial charge >= 0.3 is 0 Å². The molecule has 0 aliphatic carbocycles. The zero-order valence-corrected chi connectivity index (χ0v) is 12.2. The molecular formula is C19H15NO3. The molecule has 0 fully saturated rings. The summed E-state index contributed by atoms with van der Waals surface area (Å²) in [6, 6.07) is 17.4. The summed E-state index contributed by atoms with van der Waals surface area (Å²) in [4.78, 5) is 4.16. The number of pyridine rings is 1. The average Bonchev–Trinajstić information content (AvgIpc) is 2.56. The number of rotatable bonds is 3. The van der Waals surface area contributed by atoms with E-state index < -0.39 is 0 Å². The lowest BCUT2D eigenvalue weighted by atomic mass is 10.1. The number of hydrogen-bond acceptors (Lipinski definition) is 4. The highest BCUT2D eigenvalue weighted by Gasteiger charge is 2.12. The summed E-state index contributed by atoms with van der Waals surface area (Å²) in [6.07, 6.45) is 3.05. The van der Waals surface area contributed by atoms with Crippen LogP contribution in [0.1, 0.15) is 11.1 Å². The lowest BCUT2D eigenvalue weighted by Gasteiger charge is -2.08. The highest BCUT2D eigenvalue weighted by Crippen LogP contribution is 2.34. The van der Waals surface area contributed by atoms with E-state index in [1.165, 1.54) is 18.3 Å². The minimum Gasteiger partial charge on any atom is -0.507 e. The minimum absolute atomic E-state index is 0.00262. The molecular weight excluding hydrogens is 290 g/mol. The van der Waals surface area contributed by atoms with E-state index in [9.17, 15) is 15.3 Å². The molecule has 4 heteroatoms. The molecule has 114 valence electrons. The summed E-state index contributed by atoms with van der Waals surface area (Å²) in [7, 11) is 0. The Morgan fingerprint density at radius 3 is 2.26 bits per heavy atom. The Balaban J connectivity index is 1.97. The van der Waals surface area contributed by atoms with Crippen LogP contribution in [0.5, 0.6) is 11.5 Å². The molecule has 0 atom stereocenters. The van der Waals surface area contributed by atoms with Crippen molar-refractivity contribution >= 4 is 11.8 Å². The lowest BCUT2D eigenvalue weighted by molar-refractivity contribution is 0.466. The molecule has 0 bridgehead atoms. The van der Waals surface area contributed by atoms with Crippen molar-refractivity contribution in [2.45, 2.75) is 0 Å². The zero-order valence-electron chi connectivity index (χ0n) is 12.2. The SMILES string of the molecule is OC(=Cc1ccccc1)c1cnc(-c2ccccc2O)c(O)c1. The number of hydrogen-bond donors (Lipinski definition) is 3. The number of para-hydroxylation sites is 1. The van der Waals surface area contributed by atoms with E-state index in [0.29, 0.717) is 11.1 Å². The topological polar surface area (TPSA) is 73.6 Å². The Morgan fingerprint density at radius 1 is 0.870 bits per heavy atom. The number of aliphatic hydroxyl groups is 1. The van der Waals surface area contributed by atoms with E-state index in [1.54, 1.807) is 24.3 Å². The summed E-state index contributed by atoms with van der Waals surface area (Å²) >= 11 is 0. The summed E-state index contributed by atoms with van der Waals surface area (Å²) < 4.78 is 0. The van der Waals surface area contributed by atoms with Gasteiger partial charge in [-0.3, -0.25) is 4.98 Å². The molecule has 1 aromatic heterocycles. The van der Waals surface area contributed by atoms with Crippen LogP contribution < -0.4 is 0 Å². The Hall–Kier alpha value is -3.27. The van der Waals surface area contributed by atoms with Crippen molar-refractivity contribution < 1.29 is 15.3 Å². The van der Waals surface area contributed by atoms with Gasteiger partial charge in [0, 0.05) is 17.3 Å². The van der Waals surface area contributed by atoms with Crippen LogP contribution in [0, 0.1) is 0 Å². The van der Waals surface area contributed by atoms with Crippen molar-refractivity contribution in [3.63, 3.8) is 0 Å². The second-order valence-electron chi connectivity index (χ2n) is 5.05. The van der Waals surface area contributed by atoms with E-state index in [0.717, 1.165) is 5.56 Å². The molecule has 23 heavy (non-hydrogen) atoms. The van der Waals surface area contributed by atoms with Gasteiger partial charge in [-0.1, -0.05) is 42.5 Å². The quantitative estimate of drug-likeness (QED) is 0.634. The first-order chi connectivity index (χ1) is 11.1. The first kappa shape index (κ1) is 14.7. The van der Waals surface area contributed by atoms with Crippen molar-refractivity contribution in [1.82, 2.24) is 4.98 Å². The molecule has 0 spiro atoms. The number of phenols is 1. The third-order valence-corrected chi connectivity index (χ3v) is 3.43. The van der Waals surface area contributed by atoms with Gasteiger partial charge in [0.05, 0.1) is 0 Å². The fraction of sp³-hybridized carbons (Fsp3) is 0. The van der Waals surface area contributed by atoms with Gasteiger partial charge in [-0.2, -0.15) is 0 Å². The largest absolute Gasteiger partial charge is 0.507 e. The fourth-order valence-corrected chi connectivity index (χ4v) is 2.27. The van der Waals surface area contributed by atoms with Crippen molar-refractivity contribution in [2.24, 2.45) is 0 Å². The lowest BCUT2D eigenvalue weighted by Crippen LogP contribution is -1.90. The highest BCUT2D eigenvalue weighted by molar-refractivity contribution is 5.79. The fourth-order valence-electron chi connectivity index (χ4n) is 2.27. The molecule has 3 rings (SSSR count). The maximum Gasteiger partial charge on any atom is 0.142 e. The molecule has 0 unspecified atom stereocenters. The van der Waals surface area contributed by atoms with Gasteiger partial charge in [0.2, 0.25) is 0 Å². The van der Waals surface area contributed by atoms with Crippen molar-refractivity contribution in [1.29, 1.82) is 0 Å². The number of phenolic OH excluding ortho intramolecular Hbond substituents is 1. The van der Waals surface area contributed by atoms with Crippen molar-refractivity contribution in [3.8, 4) is 22.8 Å². The summed E-state index contributed by atoms with van der Waals surface area (Å²) in [5.74, 6) is -0.0769. The summed E-state index contributed by atoms with van der Waals surface area (Å²) in [6.45, 7) is 0. The van der Waals surface area contributed by atoms with Crippen molar-refractivity contribution in [3.05, 3.63) is 78.0 Å². The molecule has 0 saturated carbocycles. The molecule has 0 aliphatic rings. The monoisotopic (exact) mass is 305 g/mol. The van der Waals surface area contributed by atoms with Gasteiger partial charge < -0.3 is 15.3 Å². The Morgan fingerprint density at radius 2 is 1.57 bits per heavy atom. The average molecular weight is 305 g/mol. The number of aromatic hydroxyl groups is 2. The Bertz CT molecular complexity index is 857. The Kier molecular flexibility index (Phi) is 3.97. The zero-order chi connectivity index (χ0) is 16.2. The van der Waals surface area contributed by atoms with E-state index in [1.807, 2.05) is 30.3 Å². The van der Waals surface area contributed by atoms with Crippen LogP contribution in [0.2, 0.25) is 0 Å². The van der Waals surface area contributed by atoms with E-state index in [4.69, 9.17) is 0 Å². The van der Waals surface area contributed by atoms with Gasteiger partial charge in [-0.05, 0) is 29.8 Å². The van der Waals surface area contributed by atoms with Gasteiger partial charge in [0.1, 0.15) is 23.0 Å². The van der Waals surface area contributed by atoms with Crippen LogP contribution in [0.25, 0.3) is 23.1 Å². The Labute approximate surface area is 133 Å². The first-order valence-corrected chi connectivity index (χ1v) is 7.08. The van der Waals surface area contributed by atoms with Crippen LogP contribution >= 0.6 is 0 Å². The molecule has 3 aromatic rings. The van der Waals surface area contributed by atoms with Gasteiger partial charge in [-0.15, -0.1) is 0 Å². The molecule has 2 aromatic carbocycles. The van der Waals surface area contributed by atoms with Crippen molar-refractivity contribution in [2.75, 3.05) is 0 Å². The van der Waals surface area contributed by atoms with Crippen LogP contribution in [0.3, 0.4) is 0 Å². The number of nitrogens with zero attached hydrogens (tertiary/aromatic N) is 1. The molecule has 0 amide bonds. The number of aromatic nitrogens is 1. The first-order valence-electron chi connectivity index (χ1n) is 7.08. The smallest absolute Gasteiger partial charge is 0.142 e. The van der Waals surface area contributed by atoms with Gasteiger partial charge in [0.25, 0.3) is 0 Å². The maximum atomic E-state index is 10.2. The molecule has 1 heterocycles. The number of aliphatic hydroxyl groups excluding tert-OH is 1. The van der Waals surface area contributed by atoms with E-state index in [-0.39, 0.29) is 23.0 Å². The van der Waals surface area contributed by atoms with Gasteiger partial charge in [0.15, 0.2) is 0 Å². The maximum absolute atomic E-state index is 10.2. The minimum atomic E-state index is -0.114. The second-order valence-corrected chi connectivity index (χ2v) is 5.05.